The van der Waals surface area contributed by atoms with Crippen LogP contribution in [0, 0.1) is 11.7 Å². The lowest BCUT2D eigenvalue weighted by Gasteiger charge is -2.33. The van der Waals surface area contributed by atoms with E-state index in [1.165, 1.54) is 18.3 Å². The molecule has 1 fully saturated rings. The monoisotopic (exact) mass is 472 g/mol. The summed E-state index contributed by atoms with van der Waals surface area (Å²) in [5.74, 6) is -1.78. The Kier molecular flexibility index (Phi) is 7.04. The van der Waals surface area contributed by atoms with Gasteiger partial charge in [-0.1, -0.05) is 31.5 Å². The van der Waals surface area contributed by atoms with E-state index in [1.807, 2.05) is 0 Å². The predicted octanol–water partition coefficient (Wildman–Crippen LogP) is 4.01. The molecule has 1 saturated heterocycles. The molecule has 3 N–H and O–H groups in total. The van der Waals surface area contributed by atoms with Crippen molar-refractivity contribution in [3.8, 4) is 0 Å². The van der Waals surface area contributed by atoms with Gasteiger partial charge in [-0.2, -0.15) is 13.2 Å². The van der Waals surface area contributed by atoms with Crippen LogP contribution < -0.4 is 16.0 Å². The van der Waals surface area contributed by atoms with Crippen LogP contribution >= 0.6 is 11.6 Å². The topological polar surface area (TPSA) is 83.1 Å². The molecule has 1 aromatic heterocycles. The summed E-state index contributed by atoms with van der Waals surface area (Å²) in [6.45, 7) is 3.31. The smallest absolute Gasteiger partial charge is 0.352 e. The molecule has 2 aromatic rings. The van der Waals surface area contributed by atoms with E-state index in [-0.39, 0.29) is 46.5 Å². The minimum Gasteiger partial charge on any atom is -0.352 e. The molecule has 6 nitrogen and oxygen atoms in total. The summed E-state index contributed by atoms with van der Waals surface area (Å²) >= 11 is 6.19. The lowest BCUT2D eigenvalue weighted by Crippen LogP contribution is -2.47. The first-order valence-corrected chi connectivity index (χ1v) is 10.2. The number of nitrogens with zero attached hydrogens (tertiary/aromatic N) is 1. The summed E-state index contributed by atoms with van der Waals surface area (Å²) in [7, 11) is 0. The van der Waals surface area contributed by atoms with Crippen LogP contribution in [0.4, 0.5) is 17.6 Å². The maximum Gasteiger partial charge on any atom is 0.417 e. The van der Waals surface area contributed by atoms with Crippen molar-refractivity contribution in [1.82, 2.24) is 20.9 Å². The van der Waals surface area contributed by atoms with E-state index in [0.717, 1.165) is 6.07 Å². The summed E-state index contributed by atoms with van der Waals surface area (Å²) in [5.41, 5.74) is -0.735. The Balaban J connectivity index is 1.89. The Labute approximate surface area is 186 Å². The number of hydrogen-bond acceptors (Lipinski definition) is 4. The van der Waals surface area contributed by atoms with Crippen LogP contribution in [0.5, 0.6) is 0 Å². The molecule has 1 aliphatic rings. The van der Waals surface area contributed by atoms with Crippen molar-refractivity contribution in [3.63, 3.8) is 0 Å². The molecule has 1 aromatic carbocycles. The largest absolute Gasteiger partial charge is 0.417 e. The molecular formula is C21H21ClF4N4O2. The van der Waals surface area contributed by atoms with Crippen molar-refractivity contribution in [2.45, 2.75) is 45.2 Å². The minimum absolute atomic E-state index is 0.0158. The Bertz CT molecular complexity index is 1030. The third-order valence-corrected chi connectivity index (χ3v) is 5.35. The minimum atomic E-state index is -4.59. The fourth-order valence-corrected chi connectivity index (χ4v) is 3.54. The highest BCUT2D eigenvalue weighted by molar-refractivity contribution is 6.31. The van der Waals surface area contributed by atoms with Gasteiger partial charge in [-0.3, -0.25) is 19.9 Å². The number of carbonyl (C=O) groups is 2. The lowest BCUT2D eigenvalue weighted by molar-refractivity contribution is -0.137. The third-order valence-electron chi connectivity index (χ3n) is 5.02. The van der Waals surface area contributed by atoms with Crippen LogP contribution in [-0.2, 0) is 22.3 Å². The number of rotatable bonds is 5. The first kappa shape index (κ1) is 23.9. The molecule has 0 radical (unpaired) electrons. The predicted molar refractivity (Wildman–Crippen MR) is 109 cm³/mol. The molecule has 2 unspecified atom stereocenters. The molecule has 0 saturated carbocycles. The van der Waals surface area contributed by atoms with Gasteiger partial charge in [0.2, 0.25) is 11.8 Å². The molecule has 2 amide bonds. The van der Waals surface area contributed by atoms with Gasteiger partial charge in [0.15, 0.2) is 0 Å². The molecule has 0 bridgehead atoms. The average Bonchev–Trinajstić information content (AvgIpc) is 2.72. The fourth-order valence-electron chi connectivity index (χ4n) is 3.28. The second kappa shape index (κ2) is 9.41. The Morgan fingerprint density at radius 1 is 1.31 bits per heavy atom. The highest BCUT2D eigenvalue weighted by atomic mass is 35.5. The van der Waals surface area contributed by atoms with Gasteiger partial charge in [0.1, 0.15) is 12.0 Å². The number of alkyl halides is 3. The maximum absolute atomic E-state index is 15.3. The van der Waals surface area contributed by atoms with E-state index in [9.17, 15) is 22.8 Å². The average molecular weight is 473 g/mol. The van der Waals surface area contributed by atoms with Gasteiger partial charge in [-0.15, -0.1) is 0 Å². The van der Waals surface area contributed by atoms with Gasteiger partial charge in [-0.25, -0.2) is 4.39 Å². The van der Waals surface area contributed by atoms with Crippen molar-refractivity contribution < 1.29 is 27.2 Å². The van der Waals surface area contributed by atoms with Gasteiger partial charge < -0.3 is 10.6 Å². The first-order chi connectivity index (χ1) is 15.0. The van der Waals surface area contributed by atoms with Gasteiger partial charge in [-0.05, 0) is 17.7 Å². The molecular weight excluding hydrogens is 452 g/mol. The molecule has 11 heteroatoms. The highest BCUT2D eigenvalue weighted by Gasteiger charge is 2.35. The standard InChI is InChI=1S/C21H21ClF4N4O2/c1-10(2)20(32)28-8-11-3-4-14(22)17(18(11)23)19-29-15(6-16(31)30-19)12-5-13(9-27-7-12)21(24,25)26/h3-5,7,9-10,15,19,29H,6,8H2,1-2H3,(H,28,32)(H,30,31). The van der Waals surface area contributed by atoms with Crippen LogP contribution in [0.3, 0.4) is 0 Å². The van der Waals surface area contributed by atoms with Crippen molar-refractivity contribution in [3.05, 3.63) is 63.7 Å². The number of amides is 2. The fraction of sp³-hybridized carbons (Fsp3) is 0.381. The lowest BCUT2D eigenvalue weighted by atomic mass is 9.98. The molecule has 1 aliphatic heterocycles. The van der Waals surface area contributed by atoms with Crippen LogP contribution in [-0.4, -0.2) is 16.8 Å². The van der Waals surface area contributed by atoms with Crippen molar-refractivity contribution >= 4 is 23.4 Å². The molecule has 2 heterocycles. The molecule has 172 valence electrons. The van der Waals surface area contributed by atoms with E-state index in [4.69, 9.17) is 11.6 Å². The zero-order valence-electron chi connectivity index (χ0n) is 17.2. The molecule has 0 spiro atoms. The van der Waals surface area contributed by atoms with Gasteiger partial charge in [0.25, 0.3) is 0 Å². The zero-order valence-corrected chi connectivity index (χ0v) is 17.9. The second-order valence-electron chi connectivity index (χ2n) is 7.74. The number of carbonyl (C=O) groups excluding carboxylic acids is 2. The summed E-state index contributed by atoms with van der Waals surface area (Å²) < 4.78 is 54.4. The van der Waals surface area contributed by atoms with Crippen LogP contribution in [0.25, 0.3) is 0 Å². The number of nitrogens with one attached hydrogen (secondary N) is 3. The number of benzene rings is 1. The van der Waals surface area contributed by atoms with Crippen molar-refractivity contribution in [2.75, 3.05) is 0 Å². The van der Waals surface area contributed by atoms with Crippen LogP contribution in [0.15, 0.2) is 30.6 Å². The Hall–Kier alpha value is -2.72. The van der Waals surface area contributed by atoms with Crippen LogP contribution in [0.1, 0.15) is 54.7 Å². The van der Waals surface area contributed by atoms with Gasteiger partial charge in [0.05, 0.1) is 10.6 Å². The van der Waals surface area contributed by atoms with E-state index in [0.29, 0.717) is 6.20 Å². The van der Waals surface area contributed by atoms with E-state index >= 15 is 4.39 Å². The first-order valence-electron chi connectivity index (χ1n) is 9.79. The highest BCUT2D eigenvalue weighted by Crippen LogP contribution is 2.34. The summed E-state index contributed by atoms with van der Waals surface area (Å²) in [4.78, 5) is 27.7. The van der Waals surface area contributed by atoms with E-state index in [1.54, 1.807) is 13.8 Å². The number of aromatic nitrogens is 1. The second-order valence-corrected chi connectivity index (χ2v) is 8.14. The SMILES string of the molecule is CC(C)C(=O)NCc1ccc(Cl)c(C2NC(=O)CC(c3cncc(C(F)(F)F)c3)N2)c1F. The van der Waals surface area contributed by atoms with E-state index in [2.05, 4.69) is 20.9 Å². The van der Waals surface area contributed by atoms with Gasteiger partial charge in [0, 0.05) is 48.4 Å². The van der Waals surface area contributed by atoms with Crippen molar-refractivity contribution in [2.24, 2.45) is 5.92 Å². The number of pyridine rings is 1. The number of halogens is 5. The Morgan fingerprint density at radius 3 is 2.69 bits per heavy atom. The normalized spacial score (nSPS) is 19.1. The summed E-state index contributed by atoms with van der Waals surface area (Å²) in [6.07, 6.45) is -3.94. The molecule has 32 heavy (non-hydrogen) atoms. The zero-order chi connectivity index (χ0) is 23.6. The maximum atomic E-state index is 15.3. The summed E-state index contributed by atoms with van der Waals surface area (Å²) in [6, 6.07) is 2.90. The molecule has 3 rings (SSSR count). The van der Waals surface area contributed by atoms with Crippen LogP contribution in [0.2, 0.25) is 5.02 Å². The summed E-state index contributed by atoms with van der Waals surface area (Å²) in [5, 5.41) is 8.12. The van der Waals surface area contributed by atoms with Crippen molar-refractivity contribution in [1.29, 1.82) is 0 Å². The van der Waals surface area contributed by atoms with E-state index < -0.39 is 35.7 Å². The Morgan fingerprint density at radius 2 is 2.03 bits per heavy atom. The molecule has 2 atom stereocenters. The quantitative estimate of drug-likeness (QED) is 0.574. The molecule has 0 aliphatic carbocycles. The van der Waals surface area contributed by atoms with Gasteiger partial charge >= 0.3 is 6.18 Å². The number of hydrogen-bond donors (Lipinski definition) is 3. The third kappa shape index (κ3) is 5.36.